The molecular formula is C14H27NO3. The number of carbonyl (C=O) groups is 1. The summed E-state index contributed by atoms with van der Waals surface area (Å²) in [6, 6.07) is 0.545. The van der Waals surface area contributed by atoms with Crippen LogP contribution in [0.2, 0.25) is 0 Å². The summed E-state index contributed by atoms with van der Waals surface area (Å²) in [6.07, 6.45) is 4.55. The summed E-state index contributed by atoms with van der Waals surface area (Å²) in [5.41, 5.74) is 0. The Balaban J connectivity index is 2.43. The van der Waals surface area contributed by atoms with Crippen LogP contribution in [0.5, 0.6) is 0 Å². The SMILES string of the molecule is CCCCN(CC1CCC(C(=O)O)O1)C(C)CC. The minimum absolute atomic E-state index is 0.0944. The number of nitrogens with zero attached hydrogens (tertiary/aromatic N) is 1. The van der Waals surface area contributed by atoms with Crippen LogP contribution in [0.25, 0.3) is 0 Å². The highest BCUT2D eigenvalue weighted by atomic mass is 16.5. The van der Waals surface area contributed by atoms with Crippen LogP contribution in [0.1, 0.15) is 52.9 Å². The van der Waals surface area contributed by atoms with Gasteiger partial charge in [0.25, 0.3) is 0 Å². The minimum Gasteiger partial charge on any atom is -0.479 e. The number of hydrogen-bond acceptors (Lipinski definition) is 3. The maximum atomic E-state index is 10.9. The van der Waals surface area contributed by atoms with E-state index in [0.717, 1.165) is 25.9 Å². The molecule has 0 radical (unpaired) electrons. The van der Waals surface area contributed by atoms with Crippen molar-refractivity contribution in [3.63, 3.8) is 0 Å². The van der Waals surface area contributed by atoms with E-state index in [2.05, 4.69) is 25.7 Å². The second kappa shape index (κ2) is 7.74. The Morgan fingerprint density at radius 2 is 2.17 bits per heavy atom. The lowest BCUT2D eigenvalue weighted by atomic mass is 10.1. The highest BCUT2D eigenvalue weighted by molar-refractivity contribution is 5.72. The summed E-state index contributed by atoms with van der Waals surface area (Å²) in [5, 5.41) is 8.92. The third-order valence-corrected chi connectivity index (χ3v) is 3.83. The Labute approximate surface area is 110 Å². The van der Waals surface area contributed by atoms with Crippen molar-refractivity contribution in [2.45, 2.75) is 71.1 Å². The summed E-state index contributed by atoms with van der Waals surface area (Å²) in [5.74, 6) is -0.818. The number of hydrogen-bond donors (Lipinski definition) is 1. The van der Waals surface area contributed by atoms with Crippen LogP contribution in [0.15, 0.2) is 0 Å². The van der Waals surface area contributed by atoms with Crippen molar-refractivity contribution < 1.29 is 14.6 Å². The first-order valence-electron chi connectivity index (χ1n) is 7.20. The average molecular weight is 257 g/mol. The van der Waals surface area contributed by atoms with Gasteiger partial charge in [-0.2, -0.15) is 0 Å². The van der Waals surface area contributed by atoms with E-state index in [0.29, 0.717) is 12.5 Å². The highest BCUT2D eigenvalue weighted by Gasteiger charge is 2.31. The van der Waals surface area contributed by atoms with Gasteiger partial charge in [-0.25, -0.2) is 4.79 Å². The molecule has 106 valence electrons. The topological polar surface area (TPSA) is 49.8 Å². The number of carboxylic acid groups (broad SMARTS) is 1. The summed E-state index contributed by atoms with van der Waals surface area (Å²) in [7, 11) is 0. The zero-order valence-corrected chi connectivity index (χ0v) is 11.9. The van der Waals surface area contributed by atoms with Gasteiger partial charge in [0.15, 0.2) is 6.10 Å². The fraction of sp³-hybridized carbons (Fsp3) is 0.929. The molecule has 1 aliphatic rings. The summed E-state index contributed by atoms with van der Waals surface area (Å²) < 4.78 is 5.59. The standard InChI is InChI=1S/C14H27NO3/c1-4-6-9-15(11(3)5-2)10-12-7-8-13(18-12)14(16)17/h11-13H,4-10H2,1-3H3,(H,16,17). The predicted octanol–water partition coefficient (Wildman–Crippen LogP) is 2.52. The van der Waals surface area contributed by atoms with Gasteiger partial charge in [0.1, 0.15) is 0 Å². The minimum atomic E-state index is -0.818. The second-order valence-corrected chi connectivity index (χ2v) is 5.27. The molecule has 18 heavy (non-hydrogen) atoms. The number of aliphatic carboxylic acids is 1. The van der Waals surface area contributed by atoms with E-state index < -0.39 is 12.1 Å². The molecule has 4 heteroatoms. The first-order valence-corrected chi connectivity index (χ1v) is 7.20. The van der Waals surface area contributed by atoms with E-state index in [1.165, 1.54) is 12.8 Å². The number of carboxylic acids is 1. The Morgan fingerprint density at radius 1 is 1.44 bits per heavy atom. The molecule has 1 aliphatic heterocycles. The quantitative estimate of drug-likeness (QED) is 0.726. The van der Waals surface area contributed by atoms with Gasteiger partial charge in [-0.3, -0.25) is 4.90 Å². The molecule has 0 aromatic heterocycles. The molecule has 1 rings (SSSR count). The molecule has 0 spiro atoms. The monoisotopic (exact) mass is 257 g/mol. The number of unbranched alkanes of at least 4 members (excludes halogenated alkanes) is 1. The molecule has 0 aromatic carbocycles. The molecule has 0 bridgehead atoms. The van der Waals surface area contributed by atoms with Crippen molar-refractivity contribution in [3.8, 4) is 0 Å². The van der Waals surface area contributed by atoms with E-state index in [1.54, 1.807) is 0 Å². The summed E-state index contributed by atoms with van der Waals surface area (Å²) in [4.78, 5) is 13.3. The molecule has 3 unspecified atom stereocenters. The lowest BCUT2D eigenvalue weighted by Crippen LogP contribution is -2.39. The molecule has 4 nitrogen and oxygen atoms in total. The Morgan fingerprint density at radius 3 is 2.67 bits per heavy atom. The lowest BCUT2D eigenvalue weighted by Gasteiger charge is -2.30. The van der Waals surface area contributed by atoms with Crippen LogP contribution >= 0.6 is 0 Å². The predicted molar refractivity (Wildman–Crippen MR) is 71.8 cm³/mol. The maximum Gasteiger partial charge on any atom is 0.332 e. The third-order valence-electron chi connectivity index (χ3n) is 3.83. The smallest absolute Gasteiger partial charge is 0.332 e. The van der Waals surface area contributed by atoms with Gasteiger partial charge in [-0.05, 0) is 39.2 Å². The zero-order valence-electron chi connectivity index (χ0n) is 11.9. The van der Waals surface area contributed by atoms with Gasteiger partial charge in [0.2, 0.25) is 0 Å². The first kappa shape index (κ1) is 15.4. The van der Waals surface area contributed by atoms with Crippen LogP contribution < -0.4 is 0 Å². The fourth-order valence-electron chi connectivity index (χ4n) is 2.39. The molecule has 1 N–H and O–H groups in total. The summed E-state index contributed by atoms with van der Waals surface area (Å²) in [6.45, 7) is 8.58. The largest absolute Gasteiger partial charge is 0.479 e. The van der Waals surface area contributed by atoms with Crippen molar-refractivity contribution in [3.05, 3.63) is 0 Å². The Kier molecular flexibility index (Phi) is 6.65. The Hall–Kier alpha value is -0.610. The van der Waals surface area contributed by atoms with Gasteiger partial charge in [-0.1, -0.05) is 20.3 Å². The molecular weight excluding hydrogens is 230 g/mol. The first-order chi connectivity index (χ1) is 8.58. The molecule has 0 amide bonds. The van der Waals surface area contributed by atoms with Crippen LogP contribution in [-0.4, -0.2) is 47.3 Å². The lowest BCUT2D eigenvalue weighted by molar-refractivity contribution is -0.149. The van der Waals surface area contributed by atoms with E-state index in [4.69, 9.17) is 9.84 Å². The fourth-order valence-corrected chi connectivity index (χ4v) is 2.39. The molecule has 1 saturated heterocycles. The molecule has 0 saturated carbocycles. The molecule has 0 aliphatic carbocycles. The van der Waals surface area contributed by atoms with E-state index in [1.807, 2.05) is 0 Å². The van der Waals surface area contributed by atoms with Gasteiger partial charge >= 0.3 is 5.97 Å². The number of ether oxygens (including phenoxy) is 1. The Bertz CT molecular complexity index is 257. The zero-order chi connectivity index (χ0) is 13.5. The van der Waals surface area contributed by atoms with Crippen LogP contribution in [-0.2, 0) is 9.53 Å². The van der Waals surface area contributed by atoms with Crippen molar-refractivity contribution in [2.24, 2.45) is 0 Å². The molecule has 1 heterocycles. The highest BCUT2D eigenvalue weighted by Crippen LogP contribution is 2.22. The van der Waals surface area contributed by atoms with Gasteiger partial charge in [-0.15, -0.1) is 0 Å². The normalized spacial score (nSPS) is 25.6. The van der Waals surface area contributed by atoms with Crippen LogP contribution in [0.4, 0.5) is 0 Å². The van der Waals surface area contributed by atoms with Crippen LogP contribution in [0.3, 0.4) is 0 Å². The molecule has 0 aromatic rings. The molecule has 3 atom stereocenters. The van der Waals surface area contributed by atoms with Crippen molar-refractivity contribution in [2.75, 3.05) is 13.1 Å². The summed E-state index contributed by atoms with van der Waals surface area (Å²) >= 11 is 0. The van der Waals surface area contributed by atoms with E-state index >= 15 is 0 Å². The van der Waals surface area contributed by atoms with Crippen molar-refractivity contribution >= 4 is 5.97 Å². The average Bonchev–Trinajstić information content (AvgIpc) is 2.82. The second-order valence-electron chi connectivity index (χ2n) is 5.27. The van der Waals surface area contributed by atoms with E-state index in [9.17, 15) is 4.79 Å². The van der Waals surface area contributed by atoms with Crippen LogP contribution in [0, 0.1) is 0 Å². The van der Waals surface area contributed by atoms with Crippen molar-refractivity contribution in [1.82, 2.24) is 4.90 Å². The van der Waals surface area contributed by atoms with Crippen molar-refractivity contribution in [1.29, 1.82) is 0 Å². The molecule has 1 fully saturated rings. The number of rotatable bonds is 8. The van der Waals surface area contributed by atoms with Gasteiger partial charge in [0, 0.05) is 12.6 Å². The van der Waals surface area contributed by atoms with E-state index in [-0.39, 0.29) is 6.10 Å². The van der Waals surface area contributed by atoms with Gasteiger partial charge < -0.3 is 9.84 Å². The third kappa shape index (κ3) is 4.58. The maximum absolute atomic E-state index is 10.9. The van der Waals surface area contributed by atoms with Gasteiger partial charge in [0.05, 0.1) is 6.10 Å².